The van der Waals surface area contributed by atoms with Crippen LogP contribution in [0.4, 0.5) is 5.69 Å². The van der Waals surface area contributed by atoms with Crippen LogP contribution in [0, 0.1) is 17.0 Å². The van der Waals surface area contributed by atoms with Crippen molar-refractivity contribution in [2.45, 2.75) is 13.5 Å². The van der Waals surface area contributed by atoms with Crippen LogP contribution in [-0.4, -0.2) is 15.3 Å². The fourth-order valence-electron chi connectivity index (χ4n) is 2.42. The first-order chi connectivity index (χ1) is 11.0. The fourth-order valence-corrected chi connectivity index (χ4v) is 3.56. The lowest BCUT2D eigenvalue weighted by atomic mass is 10.1. The Morgan fingerprint density at radius 1 is 1.26 bits per heavy atom. The summed E-state index contributed by atoms with van der Waals surface area (Å²) in [5, 5.41) is 11.8. The monoisotopic (exact) mass is 328 g/mol. The predicted molar refractivity (Wildman–Crippen MR) is 88.2 cm³/mol. The van der Waals surface area contributed by atoms with Crippen molar-refractivity contribution in [3.8, 4) is 0 Å². The van der Waals surface area contributed by atoms with E-state index in [0.29, 0.717) is 4.88 Å². The van der Waals surface area contributed by atoms with E-state index in [4.69, 9.17) is 0 Å². The molecule has 0 spiro atoms. The molecule has 7 heteroatoms. The molecular weight excluding hydrogens is 316 g/mol. The maximum atomic E-state index is 12.5. The Hall–Kier alpha value is -2.80. The number of Topliss-reactive ketones (excluding diaryl/α,β-unsaturated/α-hetero) is 1. The molecule has 0 saturated carbocycles. The molecule has 0 radical (unpaired) electrons. The highest BCUT2D eigenvalue weighted by Gasteiger charge is 2.17. The topological polar surface area (TPSA) is 82.2 Å². The molecule has 0 amide bonds. The van der Waals surface area contributed by atoms with Gasteiger partial charge in [0.05, 0.1) is 22.5 Å². The van der Waals surface area contributed by atoms with Gasteiger partial charge in [-0.2, -0.15) is 0 Å². The van der Waals surface area contributed by atoms with Crippen molar-refractivity contribution in [3.63, 3.8) is 0 Å². The number of aromatic nitrogens is 1. The van der Waals surface area contributed by atoms with Gasteiger partial charge in [0.25, 0.3) is 11.2 Å². The van der Waals surface area contributed by atoms with Crippen LogP contribution in [0.5, 0.6) is 0 Å². The number of carbonyl (C=O) groups is 1. The number of nitro groups is 1. The predicted octanol–water partition coefficient (Wildman–Crippen LogP) is 3.16. The molecule has 3 rings (SSSR count). The van der Waals surface area contributed by atoms with Gasteiger partial charge in [-0.05, 0) is 23.9 Å². The van der Waals surface area contributed by atoms with Gasteiger partial charge in [-0.3, -0.25) is 19.7 Å². The molecule has 0 fully saturated rings. The number of thiophene rings is 1. The molecule has 0 atom stereocenters. The third kappa shape index (κ3) is 2.78. The summed E-state index contributed by atoms with van der Waals surface area (Å²) in [7, 11) is 0. The molecule has 0 aliphatic rings. The summed E-state index contributed by atoms with van der Waals surface area (Å²) in [6.45, 7) is 1.65. The number of pyridine rings is 1. The van der Waals surface area contributed by atoms with Crippen molar-refractivity contribution in [1.29, 1.82) is 0 Å². The molecule has 6 nitrogen and oxygen atoms in total. The van der Waals surface area contributed by atoms with E-state index >= 15 is 0 Å². The molecular formula is C16H12N2O4S. The standard InChI is InChI=1S/C16H12N2O4S/c1-10-12-4-2-3-5-14(12)23-16(10)13(19)9-17-8-11(18(21)22)6-7-15(17)20/h2-8H,9H2,1H3. The number of aryl methyl sites for hydroxylation is 1. The van der Waals surface area contributed by atoms with Gasteiger partial charge in [0.2, 0.25) is 0 Å². The summed E-state index contributed by atoms with van der Waals surface area (Å²) < 4.78 is 2.07. The molecule has 23 heavy (non-hydrogen) atoms. The summed E-state index contributed by atoms with van der Waals surface area (Å²) in [6.07, 6.45) is 1.10. The number of benzene rings is 1. The molecule has 0 bridgehead atoms. The second kappa shape index (κ2) is 5.77. The van der Waals surface area contributed by atoms with Gasteiger partial charge in [-0.25, -0.2) is 0 Å². The molecule has 0 aliphatic heterocycles. The van der Waals surface area contributed by atoms with Crippen molar-refractivity contribution >= 4 is 32.9 Å². The van der Waals surface area contributed by atoms with Gasteiger partial charge in [-0.1, -0.05) is 18.2 Å². The van der Waals surface area contributed by atoms with Crippen molar-refractivity contribution in [3.05, 3.63) is 73.5 Å². The normalized spacial score (nSPS) is 10.8. The zero-order valence-electron chi connectivity index (χ0n) is 12.2. The molecule has 116 valence electrons. The Kier molecular flexibility index (Phi) is 3.79. The number of hydrogen-bond acceptors (Lipinski definition) is 5. The first-order valence-electron chi connectivity index (χ1n) is 6.83. The number of hydrogen-bond donors (Lipinski definition) is 0. The quantitative estimate of drug-likeness (QED) is 0.418. The Morgan fingerprint density at radius 2 is 2.00 bits per heavy atom. The number of ketones is 1. The van der Waals surface area contributed by atoms with E-state index in [1.807, 2.05) is 31.2 Å². The molecule has 0 unspecified atom stereocenters. The van der Waals surface area contributed by atoms with E-state index in [1.54, 1.807) is 0 Å². The first kappa shape index (κ1) is 15.1. The van der Waals surface area contributed by atoms with Crippen LogP contribution in [0.3, 0.4) is 0 Å². The van der Waals surface area contributed by atoms with Crippen LogP contribution in [0.15, 0.2) is 47.4 Å². The molecule has 2 aromatic heterocycles. The summed E-state index contributed by atoms with van der Waals surface area (Å²) in [6, 6.07) is 9.91. The number of fused-ring (bicyclic) bond motifs is 1. The highest BCUT2D eigenvalue weighted by molar-refractivity contribution is 7.21. The first-order valence-corrected chi connectivity index (χ1v) is 7.65. The smallest absolute Gasteiger partial charge is 0.285 e. The van der Waals surface area contributed by atoms with E-state index < -0.39 is 10.5 Å². The minimum absolute atomic E-state index is 0.214. The fraction of sp³-hybridized carbons (Fsp3) is 0.125. The van der Waals surface area contributed by atoms with Crippen molar-refractivity contribution in [1.82, 2.24) is 4.57 Å². The lowest BCUT2D eigenvalue weighted by Crippen LogP contribution is -2.23. The number of nitrogens with zero attached hydrogens (tertiary/aromatic N) is 2. The largest absolute Gasteiger partial charge is 0.301 e. The van der Waals surface area contributed by atoms with Crippen molar-refractivity contribution in [2.24, 2.45) is 0 Å². The van der Waals surface area contributed by atoms with Gasteiger partial charge in [-0.15, -0.1) is 11.3 Å². The third-order valence-electron chi connectivity index (χ3n) is 3.59. The SMILES string of the molecule is Cc1c(C(=O)Cn2cc([N+](=O)[O-])ccc2=O)sc2ccccc12. The van der Waals surface area contributed by atoms with Crippen LogP contribution >= 0.6 is 11.3 Å². The van der Waals surface area contributed by atoms with Crippen LogP contribution in [0.2, 0.25) is 0 Å². The summed E-state index contributed by atoms with van der Waals surface area (Å²) in [5.74, 6) is -0.230. The molecule has 3 aromatic rings. The number of rotatable bonds is 4. The van der Waals surface area contributed by atoms with E-state index in [0.717, 1.165) is 38.5 Å². The van der Waals surface area contributed by atoms with Gasteiger partial charge in [0, 0.05) is 16.8 Å². The Balaban J connectivity index is 1.98. The maximum Gasteiger partial charge on any atom is 0.285 e. The molecule has 0 saturated heterocycles. The molecule has 0 aliphatic carbocycles. The van der Waals surface area contributed by atoms with Crippen LogP contribution in [0.1, 0.15) is 15.2 Å². The van der Waals surface area contributed by atoms with Gasteiger partial charge in [0.1, 0.15) is 0 Å². The highest BCUT2D eigenvalue weighted by Crippen LogP contribution is 2.31. The van der Waals surface area contributed by atoms with E-state index in [-0.39, 0.29) is 18.0 Å². The van der Waals surface area contributed by atoms with Crippen molar-refractivity contribution in [2.75, 3.05) is 0 Å². The zero-order chi connectivity index (χ0) is 16.6. The summed E-state index contributed by atoms with van der Waals surface area (Å²) in [4.78, 5) is 35.1. The van der Waals surface area contributed by atoms with Crippen LogP contribution in [-0.2, 0) is 6.54 Å². The van der Waals surface area contributed by atoms with Gasteiger partial charge < -0.3 is 4.57 Å². The third-order valence-corrected chi connectivity index (χ3v) is 4.90. The average Bonchev–Trinajstić information content (AvgIpc) is 2.87. The van der Waals surface area contributed by atoms with E-state index in [1.165, 1.54) is 11.3 Å². The molecule has 1 aromatic carbocycles. The lowest BCUT2D eigenvalue weighted by molar-refractivity contribution is -0.385. The minimum atomic E-state index is -0.592. The van der Waals surface area contributed by atoms with E-state index in [2.05, 4.69) is 0 Å². The molecule has 2 heterocycles. The van der Waals surface area contributed by atoms with Gasteiger partial charge in [0.15, 0.2) is 5.78 Å². The van der Waals surface area contributed by atoms with Gasteiger partial charge >= 0.3 is 0 Å². The molecule has 0 N–H and O–H groups in total. The second-order valence-corrected chi connectivity index (χ2v) is 6.14. The number of carbonyl (C=O) groups excluding carboxylic acids is 1. The highest BCUT2D eigenvalue weighted by atomic mass is 32.1. The van der Waals surface area contributed by atoms with Crippen molar-refractivity contribution < 1.29 is 9.72 Å². The maximum absolute atomic E-state index is 12.5. The van der Waals surface area contributed by atoms with E-state index in [9.17, 15) is 19.7 Å². The minimum Gasteiger partial charge on any atom is -0.301 e. The lowest BCUT2D eigenvalue weighted by Gasteiger charge is -2.04. The summed E-state index contributed by atoms with van der Waals surface area (Å²) in [5.41, 5.74) is 0.210. The average molecular weight is 328 g/mol. The van der Waals surface area contributed by atoms with Crippen LogP contribution in [0.25, 0.3) is 10.1 Å². The Morgan fingerprint density at radius 3 is 2.70 bits per heavy atom. The zero-order valence-corrected chi connectivity index (χ0v) is 13.0. The Labute approximate surface area is 134 Å². The Bertz CT molecular complexity index is 987. The summed E-state index contributed by atoms with van der Waals surface area (Å²) >= 11 is 1.37. The second-order valence-electron chi connectivity index (χ2n) is 5.09. The van der Waals surface area contributed by atoms with Crippen LogP contribution < -0.4 is 5.56 Å².